The summed E-state index contributed by atoms with van der Waals surface area (Å²) in [6.07, 6.45) is 1.66. The van der Waals surface area contributed by atoms with E-state index < -0.39 is 0 Å². The standard InChI is InChI=1S/C13H11BrClFN2/c1-8(9-2-4-10(16)5-3-9)18-11-6-12(14)13(15)17-7-11/h2-8,18H,1H3. The molecule has 1 atom stereocenters. The van der Waals surface area contributed by atoms with Gasteiger partial charge in [0.15, 0.2) is 0 Å². The number of nitrogens with one attached hydrogen (secondary N) is 1. The summed E-state index contributed by atoms with van der Waals surface area (Å²) in [5, 5.41) is 3.70. The average Bonchev–Trinajstić information content (AvgIpc) is 2.34. The van der Waals surface area contributed by atoms with E-state index in [1.807, 2.05) is 13.0 Å². The predicted molar refractivity (Wildman–Crippen MR) is 75.4 cm³/mol. The van der Waals surface area contributed by atoms with Gasteiger partial charge in [-0.25, -0.2) is 9.37 Å². The fourth-order valence-corrected chi connectivity index (χ4v) is 2.04. The summed E-state index contributed by atoms with van der Waals surface area (Å²) in [5.41, 5.74) is 1.85. The maximum atomic E-state index is 12.8. The first kappa shape index (κ1) is 13.3. The molecule has 2 aromatic rings. The van der Waals surface area contributed by atoms with Gasteiger partial charge in [-0.1, -0.05) is 23.7 Å². The molecule has 18 heavy (non-hydrogen) atoms. The third kappa shape index (κ3) is 3.21. The molecule has 1 unspecified atom stereocenters. The van der Waals surface area contributed by atoms with E-state index in [2.05, 4.69) is 26.2 Å². The second-order valence-corrected chi connectivity index (χ2v) is 5.13. The van der Waals surface area contributed by atoms with Gasteiger partial charge in [-0.05, 0) is 46.6 Å². The minimum absolute atomic E-state index is 0.0560. The van der Waals surface area contributed by atoms with E-state index in [9.17, 15) is 4.39 Å². The molecule has 1 aromatic carbocycles. The van der Waals surface area contributed by atoms with Crippen molar-refractivity contribution < 1.29 is 4.39 Å². The molecule has 0 aliphatic rings. The molecule has 0 radical (unpaired) electrons. The SMILES string of the molecule is CC(Nc1cnc(Cl)c(Br)c1)c1ccc(F)cc1. The van der Waals surface area contributed by atoms with Gasteiger partial charge in [0.1, 0.15) is 11.0 Å². The van der Waals surface area contributed by atoms with Gasteiger partial charge >= 0.3 is 0 Å². The van der Waals surface area contributed by atoms with E-state index in [0.29, 0.717) is 5.15 Å². The lowest BCUT2D eigenvalue weighted by molar-refractivity contribution is 0.626. The molecule has 0 saturated heterocycles. The van der Waals surface area contributed by atoms with Crippen LogP contribution in [0.5, 0.6) is 0 Å². The molecule has 5 heteroatoms. The molecule has 0 saturated carbocycles. The van der Waals surface area contributed by atoms with Crippen LogP contribution in [-0.4, -0.2) is 4.98 Å². The van der Waals surface area contributed by atoms with E-state index in [1.165, 1.54) is 12.1 Å². The fourth-order valence-electron chi connectivity index (χ4n) is 1.58. The number of hydrogen-bond acceptors (Lipinski definition) is 2. The quantitative estimate of drug-likeness (QED) is 0.817. The zero-order valence-electron chi connectivity index (χ0n) is 9.62. The zero-order valence-corrected chi connectivity index (χ0v) is 12.0. The monoisotopic (exact) mass is 328 g/mol. The van der Waals surface area contributed by atoms with Gasteiger partial charge in [-0.2, -0.15) is 0 Å². The van der Waals surface area contributed by atoms with E-state index in [1.54, 1.807) is 18.3 Å². The molecule has 0 aliphatic heterocycles. The molecule has 94 valence electrons. The van der Waals surface area contributed by atoms with Crippen LogP contribution in [0, 0.1) is 5.82 Å². The lowest BCUT2D eigenvalue weighted by Gasteiger charge is -2.15. The normalized spacial score (nSPS) is 12.2. The number of anilines is 1. The highest BCUT2D eigenvalue weighted by Crippen LogP contribution is 2.25. The maximum Gasteiger partial charge on any atom is 0.143 e. The van der Waals surface area contributed by atoms with Crippen LogP contribution in [0.1, 0.15) is 18.5 Å². The topological polar surface area (TPSA) is 24.9 Å². The molecule has 1 heterocycles. The Morgan fingerprint density at radius 3 is 2.61 bits per heavy atom. The van der Waals surface area contributed by atoms with Crippen molar-refractivity contribution in [1.29, 1.82) is 0 Å². The first-order chi connectivity index (χ1) is 8.56. The van der Waals surface area contributed by atoms with Crippen LogP contribution < -0.4 is 5.32 Å². The summed E-state index contributed by atoms with van der Waals surface area (Å²) in [6, 6.07) is 8.32. The Hall–Kier alpha value is -1.13. The van der Waals surface area contributed by atoms with Crippen LogP contribution >= 0.6 is 27.5 Å². The third-order valence-electron chi connectivity index (χ3n) is 2.55. The minimum atomic E-state index is -0.234. The van der Waals surface area contributed by atoms with Crippen LogP contribution in [0.25, 0.3) is 0 Å². The largest absolute Gasteiger partial charge is 0.377 e. The van der Waals surface area contributed by atoms with Crippen LogP contribution in [0.3, 0.4) is 0 Å². The smallest absolute Gasteiger partial charge is 0.143 e. The number of pyridine rings is 1. The number of rotatable bonds is 3. The van der Waals surface area contributed by atoms with E-state index in [-0.39, 0.29) is 11.9 Å². The number of aromatic nitrogens is 1. The van der Waals surface area contributed by atoms with Crippen LogP contribution in [-0.2, 0) is 0 Å². The molecule has 2 rings (SSSR count). The number of halogens is 3. The number of hydrogen-bond donors (Lipinski definition) is 1. The number of nitrogens with zero attached hydrogens (tertiary/aromatic N) is 1. The molecule has 1 N–H and O–H groups in total. The van der Waals surface area contributed by atoms with Crippen molar-refractivity contribution in [2.45, 2.75) is 13.0 Å². The van der Waals surface area contributed by atoms with Gasteiger partial charge in [-0.15, -0.1) is 0 Å². The molecule has 0 spiro atoms. The zero-order chi connectivity index (χ0) is 13.1. The highest BCUT2D eigenvalue weighted by atomic mass is 79.9. The predicted octanol–water partition coefficient (Wildman–Crippen LogP) is 4.81. The number of benzene rings is 1. The Bertz CT molecular complexity index is 545. The van der Waals surface area contributed by atoms with Gasteiger partial charge in [-0.3, -0.25) is 0 Å². The van der Waals surface area contributed by atoms with Crippen LogP contribution in [0.2, 0.25) is 5.15 Å². The Labute approximate surface area is 118 Å². The molecule has 0 amide bonds. The van der Waals surface area contributed by atoms with Gasteiger partial charge in [0.05, 0.1) is 16.4 Å². The van der Waals surface area contributed by atoms with Gasteiger partial charge in [0.25, 0.3) is 0 Å². The summed E-state index contributed by atoms with van der Waals surface area (Å²) in [5.74, 6) is -0.234. The van der Waals surface area contributed by atoms with E-state index in [0.717, 1.165) is 15.7 Å². The van der Waals surface area contributed by atoms with E-state index >= 15 is 0 Å². The summed E-state index contributed by atoms with van der Waals surface area (Å²) in [7, 11) is 0. The minimum Gasteiger partial charge on any atom is -0.377 e. The first-order valence-corrected chi connectivity index (χ1v) is 6.56. The van der Waals surface area contributed by atoms with Crippen molar-refractivity contribution in [3.05, 3.63) is 57.5 Å². The van der Waals surface area contributed by atoms with Crippen LogP contribution in [0.4, 0.5) is 10.1 Å². The second kappa shape index (κ2) is 5.67. The lowest BCUT2D eigenvalue weighted by Crippen LogP contribution is -2.06. The van der Waals surface area contributed by atoms with Gasteiger partial charge in [0, 0.05) is 6.04 Å². The highest BCUT2D eigenvalue weighted by molar-refractivity contribution is 9.10. The van der Waals surface area contributed by atoms with E-state index in [4.69, 9.17) is 11.6 Å². The first-order valence-electron chi connectivity index (χ1n) is 5.39. The fraction of sp³-hybridized carbons (Fsp3) is 0.154. The molecule has 0 fully saturated rings. The maximum absolute atomic E-state index is 12.8. The average molecular weight is 330 g/mol. The highest BCUT2D eigenvalue weighted by Gasteiger charge is 2.07. The molecule has 0 bridgehead atoms. The van der Waals surface area contributed by atoms with Crippen molar-refractivity contribution >= 4 is 33.2 Å². The van der Waals surface area contributed by atoms with Crippen molar-refractivity contribution in [3.63, 3.8) is 0 Å². The summed E-state index contributed by atoms with van der Waals surface area (Å²) in [6.45, 7) is 2.00. The summed E-state index contributed by atoms with van der Waals surface area (Å²) in [4.78, 5) is 4.04. The second-order valence-electron chi connectivity index (χ2n) is 3.91. The summed E-state index contributed by atoms with van der Waals surface area (Å²) < 4.78 is 13.6. The van der Waals surface area contributed by atoms with Gasteiger partial charge in [0.2, 0.25) is 0 Å². The van der Waals surface area contributed by atoms with Crippen molar-refractivity contribution in [3.8, 4) is 0 Å². The molecule has 0 aliphatic carbocycles. The Morgan fingerprint density at radius 1 is 1.33 bits per heavy atom. The molecule has 1 aromatic heterocycles. The molecule has 2 nitrogen and oxygen atoms in total. The van der Waals surface area contributed by atoms with Crippen molar-refractivity contribution in [2.24, 2.45) is 0 Å². The molecular weight excluding hydrogens is 319 g/mol. The van der Waals surface area contributed by atoms with Gasteiger partial charge < -0.3 is 5.32 Å². The lowest BCUT2D eigenvalue weighted by atomic mass is 10.1. The Kier molecular flexibility index (Phi) is 4.19. The Morgan fingerprint density at radius 2 is 2.00 bits per heavy atom. The third-order valence-corrected chi connectivity index (χ3v) is 3.68. The Balaban J connectivity index is 2.13. The van der Waals surface area contributed by atoms with Crippen molar-refractivity contribution in [2.75, 3.05) is 5.32 Å². The molecular formula is C13H11BrClFN2. The van der Waals surface area contributed by atoms with Crippen molar-refractivity contribution in [1.82, 2.24) is 4.98 Å². The summed E-state index contributed by atoms with van der Waals surface area (Å²) >= 11 is 9.14. The van der Waals surface area contributed by atoms with Crippen LogP contribution in [0.15, 0.2) is 41.0 Å².